The third-order valence-corrected chi connectivity index (χ3v) is 2.71. The van der Waals surface area contributed by atoms with Gasteiger partial charge < -0.3 is 14.8 Å². The van der Waals surface area contributed by atoms with Crippen molar-refractivity contribution in [3.8, 4) is 12.0 Å². The summed E-state index contributed by atoms with van der Waals surface area (Å²) < 4.78 is 20.7. The average molecular weight is 260 g/mol. The molecule has 0 aliphatic heterocycles. The lowest BCUT2D eigenvalue weighted by Gasteiger charge is -2.06. The second kappa shape index (κ2) is 7.00. The summed E-state index contributed by atoms with van der Waals surface area (Å²) in [6, 6.07) is 0.386. The van der Waals surface area contributed by atoms with Gasteiger partial charge in [-0.1, -0.05) is 0 Å². The largest absolute Gasteiger partial charge is 0.467 e. The number of anilines is 1. The number of hydrogen-bond donors (Lipinski definition) is 1. The molecular formula is C9H16N4O3S. The zero-order valence-electron chi connectivity index (χ0n) is 10.1. The maximum Gasteiger partial charge on any atom is 0.324 e. The highest BCUT2D eigenvalue weighted by Gasteiger charge is 2.06. The normalized spacial score (nSPS) is 11.9. The molecule has 0 aliphatic rings. The number of nitrogens with one attached hydrogen (secondary N) is 1. The first-order valence-corrected chi connectivity index (χ1v) is 6.76. The van der Waals surface area contributed by atoms with E-state index in [1.165, 1.54) is 14.2 Å². The minimum atomic E-state index is -0.778. The van der Waals surface area contributed by atoms with E-state index in [1.54, 1.807) is 6.26 Å². The fraction of sp³-hybridized carbons (Fsp3) is 0.667. The number of methoxy groups -OCH3 is 2. The van der Waals surface area contributed by atoms with E-state index < -0.39 is 10.8 Å². The van der Waals surface area contributed by atoms with Gasteiger partial charge in [-0.25, -0.2) is 0 Å². The zero-order chi connectivity index (χ0) is 12.7. The summed E-state index contributed by atoms with van der Waals surface area (Å²) in [6.07, 6.45) is 2.45. The standard InChI is InChI=1S/C9H16N4O3S/c1-15-8-11-7(12-9(13-8)16-2)10-5-4-6-17(3)14/h4-6H2,1-3H3,(H,10,11,12,13). The van der Waals surface area contributed by atoms with Gasteiger partial charge in [-0.15, -0.1) is 4.98 Å². The van der Waals surface area contributed by atoms with Gasteiger partial charge in [-0.2, -0.15) is 9.97 Å². The molecule has 1 unspecified atom stereocenters. The van der Waals surface area contributed by atoms with Crippen LogP contribution in [0, 0.1) is 0 Å². The van der Waals surface area contributed by atoms with Crippen LogP contribution >= 0.6 is 0 Å². The molecule has 0 radical (unpaired) electrons. The molecule has 0 aromatic carbocycles. The van der Waals surface area contributed by atoms with E-state index in [4.69, 9.17) is 9.47 Å². The van der Waals surface area contributed by atoms with Crippen molar-refractivity contribution in [2.75, 3.05) is 38.1 Å². The molecule has 0 bridgehead atoms. The molecule has 0 saturated carbocycles. The molecule has 96 valence electrons. The van der Waals surface area contributed by atoms with Crippen molar-refractivity contribution in [2.24, 2.45) is 0 Å². The smallest absolute Gasteiger partial charge is 0.324 e. The number of aromatic nitrogens is 3. The first-order valence-electron chi connectivity index (χ1n) is 5.03. The zero-order valence-corrected chi connectivity index (χ0v) is 10.9. The van der Waals surface area contributed by atoms with Crippen LogP contribution in [0.3, 0.4) is 0 Å². The average Bonchev–Trinajstić information content (AvgIpc) is 2.34. The van der Waals surface area contributed by atoms with Crippen LogP contribution < -0.4 is 14.8 Å². The molecule has 0 saturated heterocycles. The molecule has 1 rings (SSSR count). The van der Waals surface area contributed by atoms with Gasteiger partial charge in [0.25, 0.3) is 0 Å². The second-order valence-corrected chi connectivity index (χ2v) is 4.74. The molecule has 1 N–H and O–H groups in total. The van der Waals surface area contributed by atoms with Gasteiger partial charge in [-0.3, -0.25) is 4.21 Å². The molecule has 1 aromatic rings. The van der Waals surface area contributed by atoms with Crippen LogP contribution in [0.4, 0.5) is 5.95 Å². The lowest BCUT2D eigenvalue weighted by atomic mass is 10.5. The van der Waals surface area contributed by atoms with Crippen LogP contribution in [-0.4, -0.2) is 51.9 Å². The van der Waals surface area contributed by atoms with Gasteiger partial charge >= 0.3 is 12.0 Å². The predicted molar refractivity (Wildman–Crippen MR) is 65.0 cm³/mol. The Balaban J connectivity index is 2.54. The minimum absolute atomic E-state index is 0.193. The second-order valence-electron chi connectivity index (χ2n) is 3.19. The highest BCUT2D eigenvalue weighted by molar-refractivity contribution is 7.84. The summed E-state index contributed by atoms with van der Waals surface area (Å²) in [4.78, 5) is 11.9. The SMILES string of the molecule is COc1nc(NCCCS(C)=O)nc(OC)n1. The summed E-state index contributed by atoms with van der Waals surface area (Å²) in [7, 11) is 2.16. The van der Waals surface area contributed by atoms with Crippen molar-refractivity contribution >= 4 is 16.7 Å². The molecule has 0 fully saturated rings. The highest BCUT2D eigenvalue weighted by Crippen LogP contribution is 2.11. The predicted octanol–water partition coefficient (Wildman–Crippen LogP) is 0.0693. The van der Waals surface area contributed by atoms with Crippen LogP contribution in [-0.2, 0) is 10.8 Å². The van der Waals surface area contributed by atoms with Crippen molar-refractivity contribution in [2.45, 2.75) is 6.42 Å². The van der Waals surface area contributed by atoms with E-state index >= 15 is 0 Å². The van der Waals surface area contributed by atoms with E-state index in [2.05, 4.69) is 20.3 Å². The first-order chi connectivity index (χ1) is 8.15. The van der Waals surface area contributed by atoms with E-state index in [-0.39, 0.29) is 12.0 Å². The maximum absolute atomic E-state index is 10.9. The van der Waals surface area contributed by atoms with Gasteiger partial charge in [0.2, 0.25) is 5.95 Å². The lowest BCUT2D eigenvalue weighted by Crippen LogP contribution is -2.10. The molecule has 17 heavy (non-hydrogen) atoms. The molecule has 1 aromatic heterocycles. The maximum atomic E-state index is 10.9. The highest BCUT2D eigenvalue weighted by atomic mass is 32.2. The van der Waals surface area contributed by atoms with Crippen LogP contribution in [0.2, 0.25) is 0 Å². The number of hydrogen-bond acceptors (Lipinski definition) is 7. The van der Waals surface area contributed by atoms with Gasteiger partial charge in [0.05, 0.1) is 14.2 Å². The Bertz CT molecular complexity index is 366. The summed E-state index contributed by atoms with van der Waals surface area (Å²) >= 11 is 0. The van der Waals surface area contributed by atoms with E-state index in [0.717, 1.165) is 6.42 Å². The van der Waals surface area contributed by atoms with Gasteiger partial charge in [0.15, 0.2) is 0 Å². The molecule has 0 spiro atoms. The summed E-state index contributed by atoms with van der Waals surface area (Å²) in [6.45, 7) is 0.635. The first kappa shape index (κ1) is 13.6. The number of nitrogens with zero attached hydrogens (tertiary/aromatic N) is 3. The summed E-state index contributed by atoms with van der Waals surface area (Å²) in [5.41, 5.74) is 0. The van der Waals surface area contributed by atoms with Crippen molar-refractivity contribution < 1.29 is 13.7 Å². The van der Waals surface area contributed by atoms with Crippen LogP contribution in [0.25, 0.3) is 0 Å². The third-order valence-electron chi connectivity index (χ3n) is 1.85. The molecular weight excluding hydrogens is 244 g/mol. The Labute approximate surface area is 102 Å². The van der Waals surface area contributed by atoms with Crippen molar-refractivity contribution in [3.63, 3.8) is 0 Å². The van der Waals surface area contributed by atoms with Crippen LogP contribution in [0.1, 0.15) is 6.42 Å². The van der Waals surface area contributed by atoms with Gasteiger partial charge in [0, 0.05) is 29.4 Å². The monoisotopic (exact) mass is 260 g/mol. The van der Waals surface area contributed by atoms with Gasteiger partial charge in [0.1, 0.15) is 0 Å². The van der Waals surface area contributed by atoms with Crippen LogP contribution in [0.5, 0.6) is 12.0 Å². The lowest BCUT2D eigenvalue weighted by molar-refractivity contribution is 0.341. The van der Waals surface area contributed by atoms with Gasteiger partial charge in [-0.05, 0) is 6.42 Å². The van der Waals surface area contributed by atoms with Crippen molar-refractivity contribution in [1.29, 1.82) is 0 Å². The van der Waals surface area contributed by atoms with Crippen LogP contribution in [0.15, 0.2) is 0 Å². The fourth-order valence-corrected chi connectivity index (χ4v) is 1.63. The summed E-state index contributed by atoms with van der Waals surface area (Å²) in [5, 5.41) is 2.99. The Morgan fingerprint density at radius 2 is 1.76 bits per heavy atom. The number of rotatable bonds is 7. The van der Waals surface area contributed by atoms with E-state index in [1.807, 2.05) is 0 Å². The molecule has 7 nitrogen and oxygen atoms in total. The summed E-state index contributed by atoms with van der Waals surface area (Å²) in [5.74, 6) is 1.03. The molecule has 1 heterocycles. The number of ether oxygens (including phenoxy) is 2. The topological polar surface area (TPSA) is 86.2 Å². The minimum Gasteiger partial charge on any atom is -0.467 e. The Morgan fingerprint density at radius 1 is 1.18 bits per heavy atom. The van der Waals surface area contributed by atoms with Crippen molar-refractivity contribution in [1.82, 2.24) is 15.0 Å². The van der Waals surface area contributed by atoms with Crippen molar-refractivity contribution in [3.05, 3.63) is 0 Å². The third kappa shape index (κ3) is 4.94. The van der Waals surface area contributed by atoms with E-state index in [0.29, 0.717) is 18.2 Å². The molecule has 0 amide bonds. The molecule has 1 atom stereocenters. The quantitative estimate of drug-likeness (QED) is 0.694. The Morgan fingerprint density at radius 3 is 2.24 bits per heavy atom. The molecule has 0 aliphatic carbocycles. The fourth-order valence-electron chi connectivity index (χ4n) is 1.08. The Hall–Kier alpha value is -1.44. The molecule has 8 heteroatoms. The Kier molecular flexibility index (Phi) is 5.61. The van der Waals surface area contributed by atoms with E-state index in [9.17, 15) is 4.21 Å².